The van der Waals surface area contributed by atoms with E-state index in [0.29, 0.717) is 0 Å². The summed E-state index contributed by atoms with van der Waals surface area (Å²) in [6.45, 7) is 5.91. The highest BCUT2D eigenvalue weighted by molar-refractivity contribution is 5.81. The van der Waals surface area contributed by atoms with E-state index in [9.17, 15) is 4.79 Å². The van der Waals surface area contributed by atoms with E-state index >= 15 is 0 Å². The molecule has 2 rings (SSSR count). The van der Waals surface area contributed by atoms with Gasteiger partial charge in [0, 0.05) is 6.54 Å². The van der Waals surface area contributed by atoms with Crippen LogP contribution in [0.15, 0.2) is 18.2 Å². The standard InChI is InChI=1S/C15H22N2O/c1-11-5-6-12(2)13(10-11)7-9-17-15(18)14-4-3-8-16-14/h5-6,10,14,16H,3-4,7-9H2,1-2H3,(H,17,18). The molecule has 1 aliphatic heterocycles. The SMILES string of the molecule is Cc1ccc(C)c(CCNC(=O)C2CCCN2)c1. The number of nitrogens with one attached hydrogen (secondary N) is 2. The number of hydrogen-bond acceptors (Lipinski definition) is 2. The van der Waals surface area contributed by atoms with E-state index in [2.05, 4.69) is 42.7 Å². The molecule has 0 bridgehead atoms. The monoisotopic (exact) mass is 246 g/mol. The van der Waals surface area contributed by atoms with Crippen LogP contribution in [-0.2, 0) is 11.2 Å². The largest absolute Gasteiger partial charge is 0.354 e. The Labute approximate surface area is 109 Å². The third-order valence-corrected chi connectivity index (χ3v) is 3.58. The second kappa shape index (κ2) is 6.01. The van der Waals surface area contributed by atoms with Gasteiger partial charge in [-0.2, -0.15) is 0 Å². The van der Waals surface area contributed by atoms with Gasteiger partial charge >= 0.3 is 0 Å². The molecule has 98 valence electrons. The molecule has 0 saturated carbocycles. The zero-order valence-electron chi connectivity index (χ0n) is 11.3. The summed E-state index contributed by atoms with van der Waals surface area (Å²) in [7, 11) is 0. The fraction of sp³-hybridized carbons (Fsp3) is 0.533. The van der Waals surface area contributed by atoms with E-state index in [1.807, 2.05) is 0 Å². The first-order valence-corrected chi connectivity index (χ1v) is 6.74. The van der Waals surface area contributed by atoms with E-state index in [1.54, 1.807) is 0 Å². The Morgan fingerprint density at radius 2 is 2.28 bits per heavy atom. The zero-order valence-corrected chi connectivity index (χ0v) is 11.3. The van der Waals surface area contributed by atoms with Crippen molar-refractivity contribution in [3.05, 3.63) is 34.9 Å². The van der Waals surface area contributed by atoms with Gasteiger partial charge in [0.1, 0.15) is 0 Å². The van der Waals surface area contributed by atoms with Gasteiger partial charge in [-0.25, -0.2) is 0 Å². The van der Waals surface area contributed by atoms with E-state index in [-0.39, 0.29) is 11.9 Å². The minimum Gasteiger partial charge on any atom is -0.354 e. The number of rotatable bonds is 4. The van der Waals surface area contributed by atoms with Crippen molar-refractivity contribution < 1.29 is 4.79 Å². The first-order valence-electron chi connectivity index (χ1n) is 6.74. The molecule has 0 radical (unpaired) electrons. The minimum absolute atomic E-state index is 0.0311. The van der Waals surface area contributed by atoms with Gasteiger partial charge in [0.2, 0.25) is 5.91 Å². The Kier molecular flexibility index (Phi) is 4.37. The summed E-state index contributed by atoms with van der Waals surface area (Å²) >= 11 is 0. The Morgan fingerprint density at radius 1 is 1.44 bits per heavy atom. The van der Waals surface area contributed by atoms with Crippen molar-refractivity contribution in [1.29, 1.82) is 0 Å². The van der Waals surface area contributed by atoms with Gasteiger partial charge in [-0.15, -0.1) is 0 Å². The summed E-state index contributed by atoms with van der Waals surface area (Å²) in [5, 5.41) is 6.23. The Balaban J connectivity index is 1.81. The molecule has 3 heteroatoms. The maximum atomic E-state index is 11.8. The lowest BCUT2D eigenvalue weighted by Gasteiger charge is -2.12. The Bertz CT molecular complexity index is 423. The molecular formula is C15H22N2O. The molecule has 1 fully saturated rings. The van der Waals surface area contributed by atoms with Crippen LogP contribution in [0.1, 0.15) is 29.5 Å². The lowest BCUT2D eigenvalue weighted by Crippen LogP contribution is -2.41. The molecule has 1 heterocycles. The number of carbonyl (C=O) groups is 1. The van der Waals surface area contributed by atoms with Crippen LogP contribution in [0.3, 0.4) is 0 Å². The van der Waals surface area contributed by atoms with Crippen LogP contribution in [0.5, 0.6) is 0 Å². The van der Waals surface area contributed by atoms with Crippen molar-refractivity contribution >= 4 is 5.91 Å². The quantitative estimate of drug-likeness (QED) is 0.849. The van der Waals surface area contributed by atoms with Crippen LogP contribution in [0.4, 0.5) is 0 Å². The maximum Gasteiger partial charge on any atom is 0.237 e. The maximum absolute atomic E-state index is 11.8. The van der Waals surface area contributed by atoms with Gasteiger partial charge in [-0.1, -0.05) is 23.8 Å². The van der Waals surface area contributed by atoms with Crippen LogP contribution >= 0.6 is 0 Å². The molecule has 1 aliphatic rings. The van der Waals surface area contributed by atoms with Crippen LogP contribution < -0.4 is 10.6 Å². The highest BCUT2D eigenvalue weighted by Gasteiger charge is 2.21. The van der Waals surface area contributed by atoms with Crippen molar-refractivity contribution in [2.75, 3.05) is 13.1 Å². The lowest BCUT2D eigenvalue weighted by atomic mass is 10.0. The average Bonchev–Trinajstić information content (AvgIpc) is 2.87. The normalized spacial score (nSPS) is 18.9. The molecular weight excluding hydrogens is 224 g/mol. The molecule has 1 amide bonds. The fourth-order valence-corrected chi connectivity index (χ4v) is 2.42. The predicted molar refractivity (Wildman–Crippen MR) is 73.7 cm³/mol. The van der Waals surface area contributed by atoms with Gasteiger partial charge in [0.15, 0.2) is 0 Å². The van der Waals surface area contributed by atoms with Crippen LogP contribution in [-0.4, -0.2) is 25.0 Å². The lowest BCUT2D eigenvalue weighted by molar-refractivity contribution is -0.122. The Hall–Kier alpha value is -1.35. The van der Waals surface area contributed by atoms with Gasteiger partial charge in [-0.05, 0) is 50.8 Å². The van der Waals surface area contributed by atoms with Crippen LogP contribution in [0.2, 0.25) is 0 Å². The topological polar surface area (TPSA) is 41.1 Å². The second-order valence-electron chi connectivity index (χ2n) is 5.12. The summed E-state index contributed by atoms with van der Waals surface area (Å²) in [5.41, 5.74) is 3.91. The third-order valence-electron chi connectivity index (χ3n) is 3.58. The average molecular weight is 246 g/mol. The molecule has 1 atom stereocenters. The highest BCUT2D eigenvalue weighted by atomic mass is 16.2. The molecule has 0 aliphatic carbocycles. The van der Waals surface area contributed by atoms with Gasteiger partial charge in [0.25, 0.3) is 0 Å². The molecule has 0 aromatic heterocycles. The first kappa shape index (κ1) is 13.1. The summed E-state index contributed by atoms with van der Waals surface area (Å²) < 4.78 is 0. The molecule has 18 heavy (non-hydrogen) atoms. The number of aryl methyl sites for hydroxylation is 2. The van der Waals surface area contributed by atoms with E-state index in [0.717, 1.165) is 32.4 Å². The summed E-state index contributed by atoms with van der Waals surface area (Å²) in [5.74, 6) is 0.151. The van der Waals surface area contributed by atoms with E-state index in [4.69, 9.17) is 0 Å². The van der Waals surface area contributed by atoms with Crippen LogP contribution in [0, 0.1) is 13.8 Å². The second-order valence-corrected chi connectivity index (χ2v) is 5.12. The molecule has 1 aromatic rings. The third kappa shape index (κ3) is 3.33. The minimum atomic E-state index is 0.0311. The molecule has 3 nitrogen and oxygen atoms in total. The molecule has 0 spiro atoms. The van der Waals surface area contributed by atoms with Crippen molar-refractivity contribution in [3.8, 4) is 0 Å². The smallest absolute Gasteiger partial charge is 0.237 e. The fourth-order valence-electron chi connectivity index (χ4n) is 2.42. The van der Waals surface area contributed by atoms with Gasteiger partial charge < -0.3 is 10.6 Å². The van der Waals surface area contributed by atoms with Crippen molar-refractivity contribution in [2.45, 2.75) is 39.2 Å². The van der Waals surface area contributed by atoms with Gasteiger partial charge in [-0.3, -0.25) is 4.79 Å². The number of hydrogen-bond donors (Lipinski definition) is 2. The molecule has 1 unspecified atom stereocenters. The first-order chi connectivity index (χ1) is 8.66. The zero-order chi connectivity index (χ0) is 13.0. The number of carbonyl (C=O) groups excluding carboxylic acids is 1. The molecule has 2 N–H and O–H groups in total. The van der Waals surface area contributed by atoms with Crippen molar-refractivity contribution in [3.63, 3.8) is 0 Å². The summed E-state index contributed by atoms with van der Waals surface area (Å²) in [6, 6.07) is 6.50. The highest BCUT2D eigenvalue weighted by Crippen LogP contribution is 2.11. The van der Waals surface area contributed by atoms with Crippen LogP contribution in [0.25, 0.3) is 0 Å². The number of amides is 1. The van der Waals surface area contributed by atoms with E-state index in [1.165, 1.54) is 16.7 Å². The van der Waals surface area contributed by atoms with Gasteiger partial charge in [0.05, 0.1) is 6.04 Å². The Morgan fingerprint density at radius 3 is 3.00 bits per heavy atom. The van der Waals surface area contributed by atoms with Crippen molar-refractivity contribution in [2.24, 2.45) is 0 Å². The number of benzene rings is 1. The summed E-state index contributed by atoms with van der Waals surface area (Å²) in [4.78, 5) is 11.8. The molecule has 1 aromatic carbocycles. The van der Waals surface area contributed by atoms with E-state index < -0.39 is 0 Å². The van der Waals surface area contributed by atoms with Crippen molar-refractivity contribution in [1.82, 2.24) is 10.6 Å². The summed E-state index contributed by atoms with van der Waals surface area (Å²) in [6.07, 6.45) is 2.98. The predicted octanol–water partition coefficient (Wildman–Crippen LogP) is 1.71. The molecule has 1 saturated heterocycles.